The Morgan fingerprint density at radius 3 is 2.56 bits per heavy atom. The maximum absolute atomic E-state index is 12.2. The Hall–Kier alpha value is -0.660. The molecule has 0 aliphatic carbocycles. The van der Waals surface area contributed by atoms with E-state index in [1.807, 2.05) is 0 Å². The molecular formula is C11H23N3O3S. The number of piperidine rings is 1. The van der Waals surface area contributed by atoms with Crippen molar-refractivity contribution in [3.8, 4) is 0 Å². The minimum absolute atomic E-state index is 0.0937. The number of rotatable bonds is 4. The van der Waals surface area contributed by atoms with Crippen LogP contribution in [0.4, 0.5) is 0 Å². The monoisotopic (exact) mass is 277 g/mol. The highest BCUT2D eigenvalue weighted by Gasteiger charge is 2.34. The zero-order valence-corrected chi connectivity index (χ0v) is 12.1. The van der Waals surface area contributed by atoms with E-state index in [9.17, 15) is 13.2 Å². The van der Waals surface area contributed by atoms with E-state index < -0.39 is 15.6 Å². The summed E-state index contributed by atoms with van der Waals surface area (Å²) in [6.45, 7) is 4.26. The van der Waals surface area contributed by atoms with Crippen LogP contribution in [0.3, 0.4) is 0 Å². The van der Waals surface area contributed by atoms with E-state index in [2.05, 4.69) is 4.72 Å². The van der Waals surface area contributed by atoms with Gasteiger partial charge in [0.25, 0.3) is 0 Å². The van der Waals surface area contributed by atoms with Gasteiger partial charge >= 0.3 is 0 Å². The van der Waals surface area contributed by atoms with E-state index >= 15 is 0 Å². The first-order chi connectivity index (χ1) is 8.11. The largest absolute Gasteiger partial charge is 0.337 e. The van der Waals surface area contributed by atoms with Crippen molar-refractivity contribution >= 4 is 15.9 Å². The maximum atomic E-state index is 12.2. The number of hydrogen-bond donors (Lipinski definition) is 2. The molecule has 106 valence electrons. The fraction of sp³-hybridized carbons (Fsp3) is 0.909. The van der Waals surface area contributed by atoms with Crippen molar-refractivity contribution in [2.24, 2.45) is 5.73 Å². The summed E-state index contributed by atoms with van der Waals surface area (Å²) in [5, 5.41) is 0. The Kier molecular flexibility index (Phi) is 4.74. The van der Waals surface area contributed by atoms with Crippen LogP contribution in [0, 0.1) is 0 Å². The lowest BCUT2D eigenvalue weighted by Gasteiger charge is -2.39. The minimum atomic E-state index is -3.23. The van der Waals surface area contributed by atoms with Gasteiger partial charge in [-0.2, -0.15) is 0 Å². The lowest BCUT2D eigenvalue weighted by atomic mass is 9.97. The van der Waals surface area contributed by atoms with Crippen LogP contribution in [-0.4, -0.2) is 50.2 Å². The zero-order chi connectivity index (χ0) is 14.0. The Bertz CT molecular complexity index is 400. The quantitative estimate of drug-likeness (QED) is 0.735. The lowest BCUT2D eigenvalue weighted by molar-refractivity contribution is -0.139. The van der Waals surface area contributed by atoms with E-state index in [4.69, 9.17) is 5.73 Å². The van der Waals surface area contributed by atoms with Gasteiger partial charge in [0.15, 0.2) is 0 Å². The molecule has 1 unspecified atom stereocenters. The van der Waals surface area contributed by atoms with Crippen molar-refractivity contribution in [2.45, 2.75) is 44.7 Å². The molecule has 0 aromatic heterocycles. The lowest BCUT2D eigenvalue weighted by Crippen LogP contribution is -2.58. The normalized spacial score (nSPS) is 22.0. The molecule has 0 saturated carbocycles. The van der Waals surface area contributed by atoms with Crippen LogP contribution >= 0.6 is 0 Å². The summed E-state index contributed by atoms with van der Waals surface area (Å²) in [6.07, 6.45) is 3.88. The third-order valence-electron chi connectivity index (χ3n) is 3.02. The van der Waals surface area contributed by atoms with E-state index in [0.717, 1.165) is 25.5 Å². The van der Waals surface area contributed by atoms with Gasteiger partial charge in [-0.05, 0) is 33.1 Å². The Balaban J connectivity index is 2.71. The Morgan fingerprint density at radius 1 is 1.44 bits per heavy atom. The first-order valence-corrected chi connectivity index (χ1v) is 8.05. The summed E-state index contributed by atoms with van der Waals surface area (Å²) in [5.41, 5.74) is 4.91. The molecule has 18 heavy (non-hydrogen) atoms. The molecule has 1 atom stereocenters. The van der Waals surface area contributed by atoms with Gasteiger partial charge < -0.3 is 10.6 Å². The third-order valence-corrected chi connectivity index (χ3v) is 3.71. The van der Waals surface area contributed by atoms with Gasteiger partial charge in [-0.3, -0.25) is 4.79 Å². The van der Waals surface area contributed by atoms with Gasteiger partial charge in [0, 0.05) is 19.1 Å². The number of likely N-dealkylation sites (tertiary alicyclic amines) is 1. The van der Waals surface area contributed by atoms with E-state index in [1.54, 1.807) is 18.7 Å². The van der Waals surface area contributed by atoms with Crippen molar-refractivity contribution in [1.29, 1.82) is 0 Å². The molecule has 3 N–H and O–H groups in total. The predicted molar refractivity (Wildman–Crippen MR) is 70.5 cm³/mol. The van der Waals surface area contributed by atoms with Crippen LogP contribution < -0.4 is 10.5 Å². The second-order valence-electron chi connectivity index (χ2n) is 5.49. The first kappa shape index (κ1) is 15.4. The molecular weight excluding hydrogens is 254 g/mol. The summed E-state index contributed by atoms with van der Waals surface area (Å²) in [6, 6.07) is -0.0937. The molecule has 0 spiro atoms. The molecule has 1 saturated heterocycles. The number of nitrogens with one attached hydrogen (secondary N) is 1. The first-order valence-electron chi connectivity index (χ1n) is 6.16. The standard InChI is InChI=1S/C11H23N3O3S/c1-11(2,12)10(15)14-7-5-4-6-9(14)8-13-18(3,16)17/h9,13H,4-8,12H2,1-3H3. The number of amides is 1. The molecule has 1 amide bonds. The van der Waals surface area contributed by atoms with Crippen molar-refractivity contribution in [2.75, 3.05) is 19.3 Å². The highest BCUT2D eigenvalue weighted by atomic mass is 32.2. The average Bonchev–Trinajstić information content (AvgIpc) is 2.23. The van der Waals surface area contributed by atoms with Crippen molar-refractivity contribution in [3.63, 3.8) is 0 Å². The predicted octanol–water partition coefficient (Wildman–Crippen LogP) is -0.346. The van der Waals surface area contributed by atoms with Gasteiger partial charge in [-0.1, -0.05) is 0 Å². The molecule has 0 aromatic rings. The maximum Gasteiger partial charge on any atom is 0.242 e. The SMILES string of the molecule is CC(C)(N)C(=O)N1CCCCC1CNS(C)(=O)=O. The summed E-state index contributed by atoms with van der Waals surface area (Å²) in [4.78, 5) is 13.9. The topological polar surface area (TPSA) is 92.5 Å². The summed E-state index contributed by atoms with van der Waals surface area (Å²) < 4.78 is 24.7. The molecule has 1 rings (SSSR count). The number of nitrogens with zero attached hydrogens (tertiary/aromatic N) is 1. The van der Waals surface area contributed by atoms with Crippen LogP contribution in [0.25, 0.3) is 0 Å². The smallest absolute Gasteiger partial charge is 0.242 e. The van der Waals surface area contributed by atoms with E-state index in [-0.39, 0.29) is 18.5 Å². The van der Waals surface area contributed by atoms with Gasteiger partial charge in [0.1, 0.15) is 0 Å². The molecule has 1 fully saturated rings. The minimum Gasteiger partial charge on any atom is -0.337 e. The zero-order valence-electron chi connectivity index (χ0n) is 11.3. The number of sulfonamides is 1. The van der Waals surface area contributed by atoms with Gasteiger partial charge in [0.05, 0.1) is 11.8 Å². The van der Waals surface area contributed by atoms with Gasteiger partial charge in [-0.25, -0.2) is 13.1 Å². The van der Waals surface area contributed by atoms with Crippen LogP contribution in [0.15, 0.2) is 0 Å². The third kappa shape index (κ3) is 4.55. The highest BCUT2D eigenvalue weighted by molar-refractivity contribution is 7.88. The van der Waals surface area contributed by atoms with Crippen LogP contribution in [0.1, 0.15) is 33.1 Å². The Morgan fingerprint density at radius 2 is 2.06 bits per heavy atom. The molecule has 0 bridgehead atoms. The van der Waals surface area contributed by atoms with Crippen molar-refractivity contribution in [3.05, 3.63) is 0 Å². The van der Waals surface area contributed by atoms with E-state index in [0.29, 0.717) is 6.54 Å². The summed E-state index contributed by atoms with van der Waals surface area (Å²) in [7, 11) is -3.23. The molecule has 1 aliphatic heterocycles. The second-order valence-corrected chi connectivity index (χ2v) is 7.32. The summed E-state index contributed by atoms with van der Waals surface area (Å²) >= 11 is 0. The van der Waals surface area contributed by atoms with Crippen molar-refractivity contribution in [1.82, 2.24) is 9.62 Å². The molecule has 0 radical (unpaired) electrons. The fourth-order valence-corrected chi connectivity index (χ4v) is 2.59. The second kappa shape index (κ2) is 5.54. The Labute approximate surface area is 109 Å². The van der Waals surface area contributed by atoms with Crippen molar-refractivity contribution < 1.29 is 13.2 Å². The fourth-order valence-electron chi connectivity index (χ4n) is 2.10. The number of nitrogens with two attached hydrogens (primary N) is 1. The molecule has 7 heteroatoms. The van der Waals surface area contributed by atoms with Gasteiger partial charge in [-0.15, -0.1) is 0 Å². The highest BCUT2D eigenvalue weighted by Crippen LogP contribution is 2.19. The average molecular weight is 277 g/mol. The molecule has 0 aromatic carbocycles. The molecule has 1 aliphatic rings. The summed E-state index contributed by atoms with van der Waals surface area (Å²) in [5.74, 6) is -0.123. The van der Waals surface area contributed by atoms with Crippen LogP contribution in [0.5, 0.6) is 0 Å². The molecule has 6 nitrogen and oxygen atoms in total. The molecule has 1 heterocycles. The van der Waals surface area contributed by atoms with Crippen LogP contribution in [0.2, 0.25) is 0 Å². The van der Waals surface area contributed by atoms with Crippen LogP contribution in [-0.2, 0) is 14.8 Å². The number of hydrogen-bond acceptors (Lipinski definition) is 4. The van der Waals surface area contributed by atoms with E-state index in [1.165, 1.54) is 0 Å². The van der Waals surface area contributed by atoms with Gasteiger partial charge in [0.2, 0.25) is 15.9 Å². The number of carbonyl (C=O) groups is 1. The number of carbonyl (C=O) groups excluding carboxylic acids is 1.